The third-order valence-electron chi connectivity index (χ3n) is 2.13. The van der Waals surface area contributed by atoms with Crippen molar-refractivity contribution in [3.05, 3.63) is 18.1 Å². The Morgan fingerprint density at radius 1 is 1.39 bits per heavy atom. The Morgan fingerprint density at radius 2 is 2.11 bits per heavy atom. The van der Waals surface area contributed by atoms with E-state index in [4.69, 9.17) is 10.8 Å². The first-order valence-electron chi connectivity index (χ1n) is 5.38. The molecule has 0 amide bonds. The summed E-state index contributed by atoms with van der Waals surface area (Å²) in [5.74, 6) is 0.450. The second-order valence-electron chi connectivity index (χ2n) is 3.80. The van der Waals surface area contributed by atoms with Crippen molar-refractivity contribution >= 4 is 5.82 Å². The van der Waals surface area contributed by atoms with E-state index in [-0.39, 0.29) is 37.8 Å². The van der Waals surface area contributed by atoms with Gasteiger partial charge in [0, 0.05) is 19.3 Å². The molecule has 0 fully saturated rings. The van der Waals surface area contributed by atoms with Crippen LogP contribution in [0.5, 0.6) is 0 Å². The molecule has 0 spiro atoms. The van der Waals surface area contributed by atoms with Crippen molar-refractivity contribution in [1.29, 1.82) is 0 Å². The van der Waals surface area contributed by atoms with Gasteiger partial charge < -0.3 is 10.8 Å². The highest BCUT2D eigenvalue weighted by atomic mass is 19.4. The highest BCUT2D eigenvalue weighted by Gasteiger charge is 2.30. The summed E-state index contributed by atoms with van der Waals surface area (Å²) < 4.78 is 37.0. The normalized spacial score (nSPS) is 12.1. The Bertz CT molecular complexity index is 372. The molecule has 0 radical (unpaired) electrons. The molecule has 102 valence electrons. The maximum atomic E-state index is 12.3. The Kier molecular flexibility index (Phi) is 5.29. The summed E-state index contributed by atoms with van der Waals surface area (Å²) >= 11 is 0. The summed E-state index contributed by atoms with van der Waals surface area (Å²) in [4.78, 5) is 8.83. The fourth-order valence-corrected chi connectivity index (χ4v) is 1.45. The zero-order valence-corrected chi connectivity index (χ0v) is 9.69. The molecule has 0 bridgehead atoms. The quantitative estimate of drug-likeness (QED) is 0.795. The molecule has 1 rings (SSSR count). The number of rotatable bonds is 6. The highest BCUT2D eigenvalue weighted by molar-refractivity contribution is 5.24. The fraction of sp³-hybridized carbons (Fsp3) is 0.600. The van der Waals surface area contributed by atoms with Crippen LogP contribution in [0.4, 0.5) is 19.0 Å². The Balaban J connectivity index is 2.65. The van der Waals surface area contributed by atoms with Gasteiger partial charge in [-0.3, -0.25) is 4.90 Å². The molecule has 3 N–H and O–H groups in total. The molecule has 0 saturated carbocycles. The number of nitrogens with two attached hydrogens (primary N) is 1. The van der Waals surface area contributed by atoms with Gasteiger partial charge in [0.1, 0.15) is 11.6 Å². The number of alkyl halides is 3. The number of aliphatic hydroxyl groups excluding tert-OH is 1. The third kappa shape index (κ3) is 5.78. The number of hydrogen-bond donors (Lipinski definition) is 2. The number of halogens is 3. The Hall–Kier alpha value is -1.41. The van der Waals surface area contributed by atoms with Gasteiger partial charge in [0.05, 0.1) is 13.1 Å². The average Bonchev–Trinajstić information content (AvgIpc) is 2.24. The molecule has 0 aliphatic carbocycles. The van der Waals surface area contributed by atoms with Gasteiger partial charge in [0.15, 0.2) is 0 Å². The lowest BCUT2D eigenvalue weighted by Gasteiger charge is -2.22. The summed E-state index contributed by atoms with van der Waals surface area (Å²) in [6.07, 6.45) is -2.64. The number of aliphatic hydroxyl groups is 1. The average molecular weight is 264 g/mol. The predicted molar refractivity (Wildman–Crippen MR) is 59.5 cm³/mol. The van der Waals surface area contributed by atoms with E-state index in [1.165, 1.54) is 12.3 Å². The molecule has 0 aliphatic rings. The molecule has 0 atom stereocenters. The molecule has 0 saturated heterocycles. The van der Waals surface area contributed by atoms with Gasteiger partial charge in [-0.05, 0) is 12.5 Å². The second kappa shape index (κ2) is 6.50. The van der Waals surface area contributed by atoms with E-state index in [0.717, 1.165) is 4.90 Å². The van der Waals surface area contributed by atoms with Gasteiger partial charge in [-0.15, -0.1) is 0 Å². The van der Waals surface area contributed by atoms with Gasteiger partial charge in [-0.1, -0.05) is 0 Å². The summed E-state index contributed by atoms with van der Waals surface area (Å²) in [7, 11) is 0. The molecule has 0 unspecified atom stereocenters. The third-order valence-corrected chi connectivity index (χ3v) is 2.13. The van der Waals surface area contributed by atoms with Crippen LogP contribution in [0.1, 0.15) is 12.2 Å². The van der Waals surface area contributed by atoms with Crippen molar-refractivity contribution < 1.29 is 18.3 Å². The lowest BCUT2D eigenvalue weighted by molar-refractivity contribution is -0.147. The number of nitrogens with zero attached hydrogens (tertiary/aromatic N) is 3. The van der Waals surface area contributed by atoms with Crippen LogP contribution in [0.25, 0.3) is 0 Å². The van der Waals surface area contributed by atoms with Crippen molar-refractivity contribution in [2.45, 2.75) is 19.1 Å². The van der Waals surface area contributed by atoms with E-state index in [1.807, 2.05) is 0 Å². The zero-order valence-electron chi connectivity index (χ0n) is 9.69. The van der Waals surface area contributed by atoms with Crippen LogP contribution in [0.3, 0.4) is 0 Å². The van der Waals surface area contributed by atoms with Crippen LogP contribution in [0.2, 0.25) is 0 Å². The minimum Gasteiger partial charge on any atom is -0.396 e. The standard InChI is InChI=1S/C10H15F3N4O/c11-10(12,13)7-17(4-1-5-18)6-9-15-3-2-8(14)16-9/h2-3,18H,1,4-7H2,(H2,14,15,16). The smallest absolute Gasteiger partial charge is 0.396 e. The van der Waals surface area contributed by atoms with Crippen LogP contribution < -0.4 is 5.73 Å². The van der Waals surface area contributed by atoms with Gasteiger partial charge in [0.2, 0.25) is 0 Å². The minimum atomic E-state index is -4.30. The van der Waals surface area contributed by atoms with Gasteiger partial charge in [-0.2, -0.15) is 13.2 Å². The van der Waals surface area contributed by atoms with E-state index in [0.29, 0.717) is 0 Å². The maximum Gasteiger partial charge on any atom is 0.401 e. The molecular weight excluding hydrogens is 249 g/mol. The van der Waals surface area contributed by atoms with Crippen molar-refractivity contribution in [2.24, 2.45) is 0 Å². The fourth-order valence-electron chi connectivity index (χ4n) is 1.45. The highest BCUT2D eigenvalue weighted by Crippen LogP contribution is 2.17. The maximum absolute atomic E-state index is 12.3. The van der Waals surface area contributed by atoms with E-state index in [1.54, 1.807) is 0 Å². The van der Waals surface area contributed by atoms with Crippen molar-refractivity contribution in [1.82, 2.24) is 14.9 Å². The van der Waals surface area contributed by atoms with E-state index in [2.05, 4.69) is 9.97 Å². The topological polar surface area (TPSA) is 75.3 Å². The number of anilines is 1. The first-order valence-corrected chi connectivity index (χ1v) is 5.38. The van der Waals surface area contributed by atoms with Crippen molar-refractivity contribution in [2.75, 3.05) is 25.4 Å². The van der Waals surface area contributed by atoms with Crippen LogP contribution in [-0.4, -0.2) is 45.8 Å². The predicted octanol–water partition coefficient (Wildman–Crippen LogP) is 0.806. The molecule has 0 aromatic carbocycles. The van der Waals surface area contributed by atoms with Crippen LogP contribution in [0.15, 0.2) is 12.3 Å². The second-order valence-corrected chi connectivity index (χ2v) is 3.80. The van der Waals surface area contributed by atoms with E-state index < -0.39 is 12.7 Å². The lowest BCUT2D eigenvalue weighted by atomic mass is 10.3. The molecular formula is C10H15F3N4O. The van der Waals surface area contributed by atoms with Crippen LogP contribution in [0, 0.1) is 0 Å². The van der Waals surface area contributed by atoms with Crippen LogP contribution in [-0.2, 0) is 6.54 Å². The first-order chi connectivity index (χ1) is 8.40. The number of hydrogen-bond acceptors (Lipinski definition) is 5. The van der Waals surface area contributed by atoms with Gasteiger partial charge >= 0.3 is 6.18 Å². The summed E-state index contributed by atoms with van der Waals surface area (Å²) in [6.45, 7) is -1.16. The number of aromatic nitrogens is 2. The molecule has 1 heterocycles. The Morgan fingerprint density at radius 3 is 2.67 bits per heavy atom. The minimum absolute atomic E-state index is 0.0510. The lowest BCUT2D eigenvalue weighted by Crippen LogP contribution is -2.35. The largest absolute Gasteiger partial charge is 0.401 e. The molecule has 5 nitrogen and oxygen atoms in total. The summed E-state index contributed by atoms with van der Waals surface area (Å²) in [5.41, 5.74) is 5.43. The van der Waals surface area contributed by atoms with Gasteiger partial charge in [0.25, 0.3) is 0 Å². The van der Waals surface area contributed by atoms with E-state index in [9.17, 15) is 13.2 Å². The zero-order chi connectivity index (χ0) is 13.6. The summed E-state index contributed by atoms with van der Waals surface area (Å²) in [5, 5.41) is 8.66. The van der Waals surface area contributed by atoms with Crippen molar-refractivity contribution in [3.8, 4) is 0 Å². The monoisotopic (exact) mass is 264 g/mol. The molecule has 18 heavy (non-hydrogen) atoms. The Labute approximate surface area is 102 Å². The van der Waals surface area contributed by atoms with Gasteiger partial charge in [-0.25, -0.2) is 9.97 Å². The molecule has 0 aliphatic heterocycles. The molecule has 1 aromatic heterocycles. The SMILES string of the molecule is Nc1ccnc(CN(CCCO)CC(F)(F)F)n1. The summed E-state index contributed by atoms with van der Waals surface area (Å²) in [6, 6.07) is 1.46. The van der Waals surface area contributed by atoms with E-state index >= 15 is 0 Å². The van der Waals surface area contributed by atoms with Crippen LogP contribution >= 0.6 is 0 Å². The van der Waals surface area contributed by atoms with Crippen molar-refractivity contribution in [3.63, 3.8) is 0 Å². The number of nitrogen functional groups attached to an aromatic ring is 1. The molecule has 1 aromatic rings. The first kappa shape index (κ1) is 14.7. The molecule has 8 heteroatoms.